The molecule has 0 fully saturated rings. The van der Waals surface area contributed by atoms with Gasteiger partial charge in [0.2, 0.25) is 0 Å². The SMILES string of the molecule is [K].c1ccc2cccc-2cc1. The zero-order valence-electron chi connectivity index (χ0n) is 6.62. The Kier molecular flexibility index (Phi) is 3.76. The van der Waals surface area contributed by atoms with Gasteiger partial charge >= 0.3 is 0 Å². The zero-order valence-corrected chi connectivity index (χ0v) is 9.74. The quantitative estimate of drug-likeness (QED) is 0.529. The van der Waals surface area contributed by atoms with Gasteiger partial charge in [0.1, 0.15) is 0 Å². The topological polar surface area (TPSA) is 0 Å². The maximum atomic E-state index is 2.12. The van der Waals surface area contributed by atoms with Crippen molar-refractivity contribution in [2.24, 2.45) is 0 Å². The van der Waals surface area contributed by atoms with Gasteiger partial charge in [0.25, 0.3) is 0 Å². The second-order valence-electron chi connectivity index (χ2n) is 2.35. The first-order valence-corrected chi connectivity index (χ1v) is 3.40. The molecule has 1 radical (unpaired) electrons. The second-order valence-corrected chi connectivity index (χ2v) is 2.35. The molecule has 2 aliphatic carbocycles. The van der Waals surface area contributed by atoms with Crippen LogP contribution in [0.1, 0.15) is 0 Å². The van der Waals surface area contributed by atoms with Gasteiger partial charge in [-0.3, -0.25) is 0 Å². The standard InChI is InChI=1S/C10H8.K/c1-2-5-9-7-4-8-10(9)6-3-1;/h1-8H;. The van der Waals surface area contributed by atoms with Gasteiger partial charge < -0.3 is 0 Å². The van der Waals surface area contributed by atoms with Crippen molar-refractivity contribution in [1.82, 2.24) is 0 Å². The fourth-order valence-electron chi connectivity index (χ4n) is 1.13. The van der Waals surface area contributed by atoms with Crippen molar-refractivity contribution in [2.45, 2.75) is 0 Å². The molecule has 0 unspecified atom stereocenters. The molecule has 0 nitrogen and oxygen atoms in total. The van der Waals surface area contributed by atoms with Crippen molar-refractivity contribution < 1.29 is 0 Å². The smallest absolute Gasteiger partial charge is 0 e. The van der Waals surface area contributed by atoms with Crippen LogP contribution < -0.4 is 0 Å². The van der Waals surface area contributed by atoms with Crippen molar-refractivity contribution in [3.05, 3.63) is 48.5 Å². The molecule has 2 aliphatic rings. The van der Waals surface area contributed by atoms with Gasteiger partial charge in [-0.15, -0.1) is 0 Å². The third-order valence-corrected chi connectivity index (χ3v) is 1.66. The number of fused-ring (bicyclic) bond motifs is 1. The molecule has 11 heavy (non-hydrogen) atoms. The first kappa shape index (κ1) is 9.42. The summed E-state index contributed by atoms with van der Waals surface area (Å²) in [4.78, 5) is 0. The fraction of sp³-hybridized carbons (Fsp3) is 0. The normalized spacial score (nSPS) is 9.09. The summed E-state index contributed by atoms with van der Waals surface area (Å²) in [5, 5.41) is 0. The van der Waals surface area contributed by atoms with E-state index in [1.54, 1.807) is 0 Å². The molecule has 0 aromatic rings. The first-order valence-electron chi connectivity index (χ1n) is 3.40. The molecule has 0 saturated carbocycles. The minimum absolute atomic E-state index is 0. The van der Waals surface area contributed by atoms with Gasteiger partial charge in [0.05, 0.1) is 0 Å². The molecular formula is C10H8K. The molecule has 0 N–H and O–H groups in total. The summed E-state index contributed by atoms with van der Waals surface area (Å²) in [5.74, 6) is 0. The fourth-order valence-corrected chi connectivity index (χ4v) is 1.13. The summed E-state index contributed by atoms with van der Waals surface area (Å²) in [7, 11) is 0. The van der Waals surface area contributed by atoms with Gasteiger partial charge in [0, 0.05) is 51.4 Å². The Bertz CT molecular complexity index is 276. The van der Waals surface area contributed by atoms with E-state index in [0.717, 1.165) is 0 Å². The van der Waals surface area contributed by atoms with E-state index >= 15 is 0 Å². The maximum absolute atomic E-state index is 2.12. The zero-order chi connectivity index (χ0) is 6.81. The van der Waals surface area contributed by atoms with Gasteiger partial charge in [-0.1, -0.05) is 48.5 Å². The third kappa shape index (κ3) is 2.14. The number of hydrogen-bond donors (Lipinski definition) is 0. The van der Waals surface area contributed by atoms with Crippen molar-refractivity contribution in [3.8, 4) is 11.1 Å². The van der Waals surface area contributed by atoms with Crippen LogP contribution in [0.15, 0.2) is 48.5 Å². The van der Waals surface area contributed by atoms with E-state index in [1.807, 2.05) is 6.07 Å². The van der Waals surface area contributed by atoms with E-state index in [2.05, 4.69) is 42.5 Å². The van der Waals surface area contributed by atoms with Crippen LogP contribution in [0, 0.1) is 0 Å². The molecule has 49 valence electrons. The molecular weight excluding hydrogens is 159 g/mol. The summed E-state index contributed by atoms with van der Waals surface area (Å²) < 4.78 is 0. The molecule has 0 aliphatic heterocycles. The van der Waals surface area contributed by atoms with Crippen LogP contribution in [0.2, 0.25) is 0 Å². The first-order chi connectivity index (χ1) is 4.97. The van der Waals surface area contributed by atoms with Crippen LogP contribution in [-0.4, -0.2) is 51.4 Å². The van der Waals surface area contributed by atoms with Crippen LogP contribution in [-0.2, 0) is 0 Å². The van der Waals surface area contributed by atoms with Crippen LogP contribution >= 0.6 is 0 Å². The molecule has 0 saturated heterocycles. The minimum Gasteiger partial charge on any atom is -0.0622 e. The van der Waals surface area contributed by atoms with Crippen LogP contribution in [0.5, 0.6) is 0 Å². The average molecular weight is 167 g/mol. The van der Waals surface area contributed by atoms with Crippen molar-refractivity contribution in [3.63, 3.8) is 0 Å². The van der Waals surface area contributed by atoms with Gasteiger partial charge in [0.15, 0.2) is 0 Å². The van der Waals surface area contributed by atoms with Crippen LogP contribution in [0.25, 0.3) is 11.1 Å². The van der Waals surface area contributed by atoms with E-state index in [4.69, 9.17) is 0 Å². The molecule has 1 heteroatoms. The monoisotopic (exact) mass is 167 g/mol. The van der Waals surface area contributed by atoms with Crippen LogP contribution in [0.4, 0.5) is 0 Å². The maximum Gasteiger partial charge on any atom is 0 e. The van der Waals surface area contributed by atoms with E-state index in [1.165, 1.54) is 11.1 Å². The third-order valence-electron chi connectivity index (χ3n) is 1.66. The number of hydrogen-bond acceptors (Lipinski definition) is 0. The molecule has 0 aromatic heterocycles. The van der Waals surface area contributed by atoms with E-state index in [9.17, 15) is 0 Å². The molecule has 0 bridgehead atoms. The Morgan fingerprint density at radius 3 is 1.55 bits per heavy atom. The van der Waals surface area contributed by atoms with Gasteiger partial charge in [-0.25, -0.2) is 0 Å². The molecule has 0 aromatic carbocycles. The summed E-state index contributed by atoms with van der Waals surface area (Å²) in [6, 6.07) is 16.7. The summed E-state index contributed by atoms with van der Waals surface area (Å²) in [6.07, 6.45) is 0. The average Bonchev–Trinajstić information content (AvgIpc) is 2.28. The van der Waals surface area contributed by atoms with E-state index in [0.29, 0.717) is 0 Å². The summed E-state index contributed by atoms with van der Waals surface area (Å²) in [6.45, 7) is 0. The molecule has 0 spiro atoms. The van der Waals surface area contributed by atoms with E-state index < -0.39 is 0 Å². The Morgan fingerprint density at radius 1 is 0.545 bits per heavy atom. The van der Waals surface area contributed by atoms with Crippen molar-refractivity contribution in [1.29, 1.82) is 0 Å². The Balaban J connectivity index is 0.000000605. The molecule has 2 rings (SSSR count). The molecule has 0 atom stereocenters. The second kappa shape index (κ2) is 4.38. The molecule has 0 amide bonds. The van der Waals surface area contributed by atoms with Crippen molar-refractivity contribution >= 4 is 51.4 Å². The Hall–Kier alpha value is 0.336. The predicted octanol–water partition coefficient (Wildman–Crippen LogP) is 2.41. The largest absolute Gasteiger partial charge is 0.0622 e. The molecule has 0 heterocycles. The Morgan fingerprint density at radius 2 is 1.00 bits per heavy atom. The van der Waals surface area contributed by atoms with Gasteiger partial charge in [-0.2, -0.15) is 0 Å². The van der Waals surface area contributed by atoms with Crippen molar-refractivity contribution in [2.75, 3.05) is 0 Å². The van der Waals surface area contributed by atoms with Crippen LogP contribution in [0.3, 0.4) is 0 Å². The van der Waals surface area contributed by atoms with Gasteiger partial charge in [-0.05, 0) is 11.1 Å². The predicted molar refractivity (Wildman–Crippen MR) is 48.8 cm³/mol. The minimum atomic E-state index is 0. The number of rotatable bonds is 0. The summed E-state index contributed by atoms with van der Waals surface area (Å²) >= 11 is 0. The Labute approximate surface area is 109 Å². The summed E-state index contributed by atoms with van der Waals surface area (Å²) in [5.41, 5.74) is 2.62. The van der Waals surface area contributed by atoms with E-state index in [-0.39, 0.29) is 51.4 Å².